The molecule has 0 saturated carbocycles. The molecule has 0 heterocycles. The Labute approximate surface area is 132 Å². The molecule has 0 spiro atoms. The van der Waals surface area contributed by atoms with Crippen molar-refractivity contribution in [3.05, 3.63) is 58.7 Å². The van der Waals surface area contributed by atoms with Gasteiger partial charge in [0.15, 0.2) is 6.10 Å². The average molecular weight is 297 g/mol. The third kappa shape index (κ3) is 3.88. The van der Waals surface area contributed by atoms with Crippen LogP contribution in [0, 0.1) is 27.7 Å². The van der Waals surface area contributed by atoms with Crippen molar-refractivity contribution < 1.29 is 9.53 Å². The number of rotatable bonds is 4. The van der Waals surface area contributed by atoms with Gasteiger partial charge in [0.2, 0.25) is 0 Å². The number of carbonyl (C=O) groups excluding carboxylic acids is 1. The molecule has 1 atom stereocenters. The summed E-state index contributed by atoms with van der Waals surface area (Å²) in [7, 11) is 0. The van der Waals surface area contributed by atoms with E-state index in [-0.39, 0.29) is 5.91 Å². The molecule has 0 aliphatic heterocycles. The van der Waals surface area contributed by atoms with Crippen molar-refractivity contribution in [2.24, 2.45) is 0 Å². The van der Waals surface area contributed by atoms with Crippen LogP contribution in [0.2, 0.25) is 0 Å². The van der Waals surface area contributed by atoms with Crippen molar-refractivity contribution >= 4 is 11.6 Å². The molecular weight excluding hydrogens is 274 g/mol. The number of hydrogen-bond acceptors (Lipinski definition) is 2. The van der Waals surface area contributed by atoms with E-state index in [1.165, 1.54) is 5.56 Å². The van der Waals surface area contributed by atoms with Crippen LogP contribution in [0.5, 0.6) is 5.75 Å². The van der Waals surface area contributed by atoms with E-state index in [0.29, 0.717) is 0 Å². The third-order valence-electron chi connectivity index (χ3n) is 3.76. The fraction of sp³-hybridized carbons (Fsp3) is 0.316. The lowest BCUT2D eigenvalue weighted by molar-refractivity contribution is -0.122. The van der Waals surface area contributed by atoms with E-state index in [2.05, 4.69) is 11.4 Å². The summed E-state index contributed by atoms with van der Waals surface area (Å²) in [5.41, 5.74) is 5.31. The topological polar surface area (TPSA) is 38.3 Å². The summed E-state index contributed by atoms with van der Waals surface area (Å²) in [5, 5.41) is 2.87. The monoisotopic (exact) mass is 297 g/mol. The predicted molar refractivity (Wildman–Crippen MR) is 90.6 cm³/mol. The molecule has 0 saturated heterocycles. The maximum Gasteiger partial charge on any atom is 0.265 e. The average Bonchev–Trinajstić information content (AvgIpc) is 2.46. The Morgan fingerprint density at radius 2 is 1.64 bits per heavy atom. The smallest absolute Gasteiger partial charge is 0.265 e. The molecule has 0 aliphatic rings. The Balaban J connectivity index is 2.07. The molecule has 2 aromatic rings. The van der Waals surface area contributed by atoms with Crippen LogP contribution in [0.1, 0.15) is 29.2 Å². The van der Waals surface area contributed by atoms with Gasteiger partial charge in [-0.25, -0.2) is 0 Å². The summed E-state index contributed by atoms with van der Waals surface area (Å²) in [6.45, 7) is 9.86. The molecular formula is C19H23NO2. The van der Waals surface area contributed by atoms with Gasteiger partial charge in [0.1, 0.15) is 5.75 Å². The molecule has 0 fully saturated rings. The molecule has 0 aromatic heterocycles. The van der Waals surface area contributed by atoms with E-state index in [1.807, 2.05) is 58.0 Å². The van der Waals surface area contributed by atoms with Gasteiger partial charge in [0, 0.05) is 5.69 Å². The van der Waals surface area contributed by atoms with Gasteiger partial charge in [-0.1, -0.05) is 23.8 Å². The van der Waals surface area contributed by atoms with Crippen molar-refractivity contribution in [2.75, 3.05) is 5.32 Å². The Kier molecular flexibility index (Phi) is 4.86. The van der Waals surface area contributed by atoms with Crippen LogP contribution in [-0.2, 0) is 4.79 Å². The lowest BCUT2D eigenvalue weighted by atomic mass is 10.1. The van der Waals surface area contributed by atoms with Gasteiger partial charge >= 0.3 is 0 Å². The van der Waals surface area contributed by atoms with Crippen molar-refractivity contribution in [1.29, 1.82) is 0 Å². The Bertz CT molecular complexity index is 675. The van der Waals surface area contributed by atoms with Crippen molar-refractivity contribution in [3.8, 4) is 5.75 Å². The zero-order chi connectivity index (χ0) is 16.3. The molecule has 0 unspecified atom stereocenters. The first-order valence-electron chi connectivity index (χ1n) is 7.49. The van der Waals surface area contributed by atoms with Crippen molar-refractivity contribution in [2.45, 2.75) is 40.7 Å². The van der Waals surface area contributed by atoms with E-state index >= 15 is 0 Å². The Hall–Kier alpha value is -2.29. The van der Waals surface area contributed by atoms with Crippen LogP contribution in [0.3, 0.4) is 0 Å². The van der Waals surface area contributed by atoms with E-state index in [0.717, 1.165) is 28.1 Å². The third-order valence-corrected chi connectivity index (χ3v) is 3.76. The first kappa shape index (κ1) is 16.1. The first-order valence-corrected chi connectivity index (χ1v) is 7.49. The minimum Gasteiger partial charge on any atom is -0.481 e. The summed E-state index contributed by atoms with van der Waals surface area (Å²) in [4.78, 5) is 12.2. The molecule has 0 aliphatic carbocycles. The van der Waals surface area contributed by atoms with Gasteiger partial charge in [-0.15, -0.1) is 0 Å². The molecule has 1 amide bonds. The zero-order valence-corrected chi connectivity index (χ0v) is 13.9. The van der Waals surface area contributed by atoms with Gasteiger partial charge in [0.25, 0.3) is 5.91 Å². The maximum atomic E-state index is 12.2. The molecule has 2 rings (SSSR count). The molecule has 22 heavy (non-hydrogen) atoms. The van der Waals surface area contributed by atoms with Gasteiger partial charge in [-0.3, -0.25) is 4.79 Å². The predicted octanol–water partition coefficient (Wildman–Crippen LogP) is 4.33. The standard InChI is InChI=1S/C19H23NO2/c1-12-6-8-17(9-7-12)20-19(21)16(5)22-18-11-13(2)10-14(3)15(18)4/h6-11,16H,1-5H3,(H,20,21)/t16-/m0/s1. The number of nitrogens with one attached hydrogen (secondary N) is 1. The minimum absolute atomic E-state index is 0.151. The van der Waals surface area contributed by atoms with Crippen LogP contribution in [0.15, 0.2) is 36.4 Å². The second-order valence-corrected chi connectivity index (χ2v) is 5.82. The number of hydrogen-bond donors (Lipinski definition) is 1. The van der Waals surface area contributed by atoms with E-state index in [9.17, 15) is 4.79 Å². The van der Waals surface area contributed by atoms with Crippen LogP contribution in [0.25, 0.3) is 0 Å². The van der Waals surface area contributed by atoms with E-state index < -0.39 is 6.10 Å². The zero-order valence-electron chi connectivity index (χ0n) is 13.9. The maximum absolute atomic E-state index is 12.2. The summed E-state index contributed by atoms with van der Waals surface area (Å²) in [6.07, 6.45) is -0.554. The molecule has 0 bridgehead atoms. The van der Waals surface area contributed by atoms with E-state index in [1.54, 1.807) is 6.92 Å². The van der Waals surface area contributed by atoms with E-state index in [4.69, 9.17) is 4.74 Å². The van der Waals surface area contributed by atoms with Crippen molar-refractivity contribution in [3.63, 3.8) is 0 Å². The lowest BCUT2D eigenvalue weighted by Crippen LogP contribution is -2.30. The summed E-state index contributed by atoms with van der Waals surface area (Å²) in [6, 6.07) is 11.8. The normalized spacial score (nSPS) is 11.9. The largest absolute Gasteiger partial charge is 0.481 e. The van der Waals surface area contributed by atoms with Crippen LogP contribution in [-0.4, -0.2) is 12.0 Å². The fourth-order valence-electron chi connectivity index (χ4n) is 2.25. The lowest BCUT2D eigenvalue weighted by Gasteiger charge is -2.18. The first-order chi connectivity index (χ1) is 10.4. The van der Waals surface area contributed by atoms with Gasteiger partial charge < -0.3 is 10.1 Å². The van der Waals surface area contributed by atoms with Crippen LogP contribution < -0.4 is 10.1 Å². The second-order valence-electron chi connectivity index (χ2n) is 5.82. The summed E-state index contributed by atoms with van der Waals surface area (Å²) >= 11 is 0. The van der Waals surface area contributed by atoms with Crippen LogP contribution in [0.4, 0.5) is 5.69 Å². The number of aryl methyl sites for hydroxylation is 3. The highest BCUT2D eigenvalue weighted by Gasteiger charge is 2.16. The Morgan fingerprint density at radius 1 is 1.00 bits per heavy atom. The molecule has 2 aromatic carbocycles. The van der Waals surface area contributed by atoms with Crippen LogP contribution >= 0.6 is 0 Å². The van der Waals surface area contributed by atoms with Crippen molar-refractivity contribution in [1.82, 2.24) is 0 Å². The SMILES string of the molecule is Cc1ccc(NC(=O)[C@H](C)Oc2cc(C)cc(C)c2C)cc1. The molecule has 0 radical (unpaired) electrons. The second kappa shape index (κ2) is 6.65. The molecule has 3 nitrogen and oxygen atoms in total. The molecule has 1 N–H and O–H groups in total. The number of carbonyl (C=O) groups is 1. The minimum atomic E-state index is -0.554. The molecule has 116 valence electrons. The number of ether oxygens (including phenoxy) is 1. The van der Waals surface area contributed by atoms with Gasteiger partial charge in [-0.05, 0) is 69.5 Å². The fourth-order valence-corrected chi connectivity index (χ4v) is 2.25. The molecule has 3 heteroatoms. The summed E-state index contributed by atoms with van der Waals surface area (Å²) in [5.74, 6) is 0.617. The highest BCUT2D eigenvalue weighted by molar-refractivity contribution is 5.94. The number of amides is 1. The highest BCUT2D eigenvalue weighted by Crippen LogP contribution is 2.24. The number of benzene rings is 2. The Morgan fingerprint density at radius 3 is 2.27 bits per heavy atom. The highest BCUT2D eigenvalue weighted by atomic mass is 16.5. The van der Waals surface area contributed by atoms with Gasteiger partial charge in [0.05, 0.1) is 0 Å². The number of anilines is 1. The van der Waals surface area contributed by atoms with Gasteiger partial charge in [-0.2, -0.15) is 0 Å². The quantitative estimate of drug-likeness (QED) is 0.912. The summed E-state index contributed by atoms with van der Waals surface area (Å²) < 4.78 is 5.85.